The summed E-state index contributed by atoms with van der Waals surface area (Å²) < 4.78 is 0. The van der Waals surface area contributed by atoms with Crippen LogP contribution in [0.4, 0.5) is 0 Å². The summed E-state index contributed by atoms with van der Waals surface area (Å²) >= 11 is 12.4. The number of hydrazine groups is 1. The number of nitrogens with zero attached hydrogens (tertiary/aromatic N) is 1. The minimum absolute atomic E-state index is 0.248. The Morgan fingerprint density at radius 2 is 1.76 bits per heavy atom. The van der Waals surface area contributed by atoms with Gasteiger partial charge in [-0.1, -0.05) is 53.5 Å². The molecule has 0 saturated heterocycles. The number of nitrogens with one attached hydrogen (secondary N) is 1. The largest absolute Gasteiger partial charge is 0.271 e. The SMILES string of the molecule is NNC(c1cccc(Cl)c1Cl)c1cccc2cnccc12. The molecule has 3 nitrogen and oxygen atoms in total. The van der Waals surface area contributed by atoms with Crippen LogP contribution in [0.5, 0.6) is 0 Å². The molecule has 2 aromatic carbocycles. The lowest BCUT2D eigenvalue weighted by molar-refractivity contribution is 0.641. The number of hydrogen-bond donors (Lipinski definition) is 2. The van der Waals surface area contributed by atoms with E-state index in [9.17, 15) is 0 Å². The quantitative estimate of drug-likeness (QED) is 0.565. The van der Waals surface area contributed by atoms with Crippen molar-refractivity contribution >= 4 is 34.0 Å². The third kappa shape index (κ3) is 2.61. The van der Waals surface area contributed by atoms with Crippen LogP contribution in [-0.2, 0) is 0 Å². The van der Waals surface area contributed by atoms with Crippen LogP contribution in [0.2, 0.25) is 10.0 Å². The maximum atomic E-state index is 6.33. The van der Waals surface area contributed by atoms with Crippen molar-refractivity contribution < 1.29 is 0 Å². The van der Waals surface area contributed by atoms with Gasteiger partial charge in [-0.2, -0.15) is 0 Å². The fourth-order valence-corrected chi connectivity index (χ4v) is 2.91. The van der Waals surface area contributed by atoms with E-state index in [4.69, 9.17) is 29.0 Å². The Balaban J connectivity index is 2.21. The highest BCUT2D eigenvalue weighted by Crippen LogP contribution is 2.35. The zero-order valence-electron chi connectivity index (χ0n) is 11.1. The van der Waals surface area contributed by atoms with Crippen LogP contribution in [0.1, 0.15) is 17.2 Å². The third-order valence-corrected chi connectivity index (χ3v) is 4.32. The van der Waals surface area contributed by atoms with Crippen molar-refractivity contribution in [2.75, 3.05) is 0 Å². The van der Waals surface area contributed by atoms with Gasteiger partial charge in [0.25, 0.3) is 0 Å². The highest BCUT2D eigenvalue weighted by molar-refractivity contribution is 6.42. The van der Waals surface area contributed by atoms with E-state index in [2.05, 4.69) is 10.4 Å². The van der Waals surface area contributed by atoms with E-state index in [1.807, 2.05) is 42.6 Å². The minimum atomic E-state index is -0.248. The van der Waals surface area contributed by atoms with Gasteiger partial charge in [0.05, 0.1) is 16.1 Å². The number of hydrogen-bond acceptors (Lipinski definition) is 3. The number of halogens is 2. The normalized spacial score (nSPS) is 12.5. The number of benzene rings is 2. The summed E-state index contributed by atoms with van der Waals surface area (Å²) in [6.07, 6.45) is 3.59. The molecule has 0 radical (unpaired) electrons. The van der Waals surface area contributed by atoms with Gasteiger partial charge in [-0.05, 0) is 28.6 Å². The number of rotatable bonds is 3. The van der Waals surface area contributed by atoms with Crippen LogP contribution < -0.4 is 11.3 Å². The topological polar surface area (TPSA) is 50.9 Å². The number of pyridine rings is 1. The molecule has 3 N–H and O–H groups in total. The molecular weight excluding hydrogens is 305 g/mol. The average molecular weight is 318 g/mol. The van der Waals surface area contributed by atoms with Crippen LogP contribution in [0.3, 0.4) is 0 Å². The average Bonchev–Trinajstić information content (AvgIpc) is 2.52. The van der Waals surface area contributed by atoms with Gasteiger partial charge < -0.3 is 0 Å². The summed E-state index contributed by atoms with van der Waals surface area (Å²) in [7, 11) is 0. The molecule has 3 rings (SSSR count). The van der Waals surface area contributed by atoms with Gasteiger partial charge in [-0.3, -0.25) is 10.8 Å². The molecule has 0 spiro atoms. The van der Waals surface area contributed by atoms with E-state index in [1.165, 1.54) is 0 Å². The zero-order valence-corrected chi connectivity index (χ0v) is 12.6. The molecule has 0 amide bonds. The molecule has 0 fully saturated rings. The zero-order chi connectivity index (χ0) is 14.8. The van der Waals surface area contributed by atoms with Gasteiger partial charge in [0, 0.05) is 17.8 Å². The molecular formula is C16H13Cl2N3. The monoisotopic (exact) mass is 317 g/mol. The molecule has 1 aromatic heterocycles. The van der Waals surface area contributed by atoms with Gasteiger partial charge in [-0.25, -0.2) is 5.43 Å². The maximum absolute atomic E-state index is 6.33. The molecule has 0 aliphatic heterocycles. The first-order chi connectivity index (χ1) is 10.2. The van der Waals surface area contributed by atoms with Gasteiger partial charge in [0.1, 0.15) is 0 Å². The first-order valence-electron chi connectivity index (χ1n) is 6.45. The summed E-state index contributed by atoms with van der Waals surface area (Å²) in [5.41, 5.74) is 4.70. The van der Waals surface area contributed by atoms with Crippen LogP contribution >= 0.6 is 23.2 Å². The van der Waals surface area contributed by atoms with Crippen LogP contribution in [0.25, 0.3) is 10.8 Å². The molecule has 21 heavy (non-hydrogen) atoms. The van der Waals surface area contributed by atoms with Gasteiger partial charge >= 0.3 is 0 Å². The lowest BCUT2D eigenvalue weighted by Gasteiger charge is -2.20. The highest BCUT2D eigenvalue weighted by Gasteiger charge is 2.19. The third-order valence-electron chi connectivity index (χ3n) is 3.48. The van der Waals surface area contributed by atoms with Crippen molar-refractivity contribution in [3.63, 3.8) is 0 Å². The summed E-state index contributed by atoms with van der Waals surface area (Å²) in [5.74, 6) is 5.78. The van der Waals surface area contributed by atoms with Crippen molar-refractivity contribution in [3.05, 3.63) is 76.0 Å². The lowest BCUT2D eigenvalue weighted by Crippen LogP contribution is -2.29. The van der Waals surface area contributed by atoms with Crippen LogP contribution in [0.15, 0.2) is 54.9 Å². The van der Waals surface area contributed by atoms with Crippen molar-refractivity contribution in [2.45, 2.75) is 6.04 Å². The highest BCUT2D eigenvalue weighted by atomic mass is 35.5. The minimum Gasteiger partial charge on any atom is -0.271 e. The van der Waals surface area contributed by atoms with Crippen molar-refractivity contribution in [3.8, 4) is 0 Å². The lowest BCUT2D eigenvalue weighted by atomic mass is 9.95. The van der Waals surface area contributed by atoms with Crippen LogP contribution in [0, 0.1) is 0 Å². The molecule has 106 valence electrons. The molecule has 3 aromatic rings. The Bertz CT molecular complexity index is 784. The standard InChI is InChI=1S/C16H13Cl2N3/c17-14-6-2-5-13(15(14)18)16(21-19)12-4-1-3-10-9-20-8-7-11(10)12/h1-9,16,21H,19H2. The molecule has 5 heteroatoms. The maximum Gasteiger partial charge on any atom is 0.0731 e. The van der Waals surface area contributed by atoms with E-state index in [-0.39, 0.29) is 6.04 Å². The molecule has 1 heterocycles. The Hall–Kier alpha value is -1.65. The molecule has 1 unspecified atom stereocenters. The van der Waals surface area contributed by atoms with Gasteiger partial charge in [-0.15, -0.1) is 0 Å². The van der Waals surface area contributed by atoms with Gasteiger partial charge in [0.15, 0.2) is 0 Å². The fraction of sp³-hybridized carbons (Fsp3) is 0.0625. The van der Waals surface area contributed by atoms with E-state index >= 15 is 0 Å². The summed E-state index contributed by atoms with van der Waals surface area (Å²) in [6.45, 7) is 0. The van der Waals surface area contributed by atoms with E-state index < -0.39 is 0 Å². The number of nitrogens with two attached hydrogens (primary N) is 1. The van der Waals surface area contributed by atoms with Gasteiger partial charge in [0.2, 0.25) is 0 Å². The second-order valence-electron chi connectivity index (χ2n) is 4.69. The molecule has 0 saturated carbocycles. The number of aromatic nitrogens is 1. The molecule has 0 aliphatic carbocycles. The molecule has 0 aliphatic rings. The van der Waals surface area contributed by atoms with Crippen molar-refractivity contribution in [1.82, 2.24) is 10.4 Å². The predicted molar refractivity (Wildman–Crippen MR) is 87.4 cm³/mol. The van der Waals surface area contributed by atoms with Crippen molar-refractivity contribution in [2.24, 2.45) is 5.84 Å². The van der Waals surface area contributed by atoms with E-state index in [0.29, 0.717) is 10.0 Å². The predicted octanol–water partition coefficient (Wildman–Crippen LogP) is 4.09. The first-order valence-corrected chi connectivity index (χ1v) is 7.20. The van der Waals surface area contributed by atoms with Crippen LogP contribution in [-0.4, -0.2) is 4.98 Å². The summed E-state index contributed by atoms with van der Waals surface area (Å²) in [5, 5.41) is 3.14. The second kappa shape index (κ2) is 6.00. The van der Waals surface area contributed by atoms with E-state index in [1.54, 1.807) is 12.3 Å². The Morgan fingerprint density at radius 1 is 1.00 bits per heavy atom. The second-order valence-corrected chi connectivity index (χ2v) is 5.47. The molecule has 1 atom stereocenters. The Kier molecular flexibility index (Phi) is 4.08. The first kappa shape index (κ1) is 14.3. The Morgan fingerprint density at radius 3 is 2.57 bits per heavy atom. The Labute approximate surface area is 132 Å². The fourth-order valence-electron chi connectivity index (χ4n) is 2.49. The number of fused-ring (bicyclic) bond motifs is 1. The van der Waals surface area contributed by atoms with E-state index in [0.717, 1.165) is 21.9 Å². The summed E-state index contributed by atoms with van der Waals surface area (Å²) in [6, 6.07) is 13.3. The smallest absolute Gasteiger partial charge is 0.0731 e. The van der Waals surface area contributed by atoms with Crippen molar-refractivity contribution in [1.29, 1.82) is 0 Å². The summed E-state index contributed by atoms with van der Waals surface area (Å²) in [4.78, 5) is 4.14. The molecule has 0 bridgehead atoms.